The summed E-state index contributed by atoms with van der Waals surface area (Å²) in [7, 11) is 0. The fourth-order valence-electron chi connectivity index (χ4n) is 3.90. The van der Waals surface area contributed by atoms with Gasteiger partial charge in [-0.1, -0.05) is 60.5 Å². The minimum absolute atomic E-state index is 0.156. The summed E-state index contributed by atoms with van der Waals surface area (Å²) < 4.78 is 1.14. The van der Waals surface area contributed by atoms with E-state index < -0.39 is 0 Å². The lowest BCUT2D eigenvalue weighted by Gasteiger charge is -2.27. The van der Waals surface area contributed by atoms with Crippen molar-refractivity contribution in [1.82, 2.24) is 10.3 Å². The molecule has 0 spiro atoms. The number of aryl methyl sites for hydroxylation is 1. The smallest absolute Gasteiger partial charge is 0.0732 e. The Bertz CT molecular complexity index is 947. The van der Waals surface area contributed by atoms with Crippen molar-refractivity contribution in [3.05, 3.63) is 68.8 Å². The summed E-state index contributed by atoms with van der Waals surface area (Å²) in [6.45, 7) is 10.1. The van der Waals surface area contributed by atoms with Crippen LogP contribution in [0.25, 0.3) is 10.9 Å². The second-order valence-corrected chi connectivity index (χ2v) is 9.14. The van der Waals surface area contributed by atoms with Gasteiger partial charge in [0.2, 0.25) is 0 Å². The number of rotatable bonds is 1. The summed E-state index contributed by atoms with van der Waals surface area (Å²) in [5.74, 6) is 0. The van der Waals surface area contributed by atoms with Crippen LogP contribution in [0.1, 0.15) is 54.8 Å². The van der Waals surface area contributed by atoms with Crippen molar-refractivity contribution in [3.8, 4) is 0 Å². The van der Waals surface area contributed by atoms with Crippen molar-refractivity contribution >= 4 is 26.8 Å². The quantitative estimate of drug-likeness (QED) is 0.536. The Morgan fingerprint density at radius 2 is 1.88 bits per heavy atom. The van der Waals surface area contributed by atoms with Crippen LogP contribution in [0.5, 0.6) is 0 Å². The van der Waals surface area contributed by atoms with E-state index in [0.717, 1.165) is 17.4 Å². The predicted molar refractivity (Wildman–Crippen MR) is 109 cm³/mol. The standard InChI is InChI=1S/C22H25BrN2/c1-13-9-14(11-15(10-13)22(2,3)4)20-21-17(7-8-24-20)18-12-16(23)5-6-19(18)25-21/h5-6,9-12,20,24-25H,7-8H2,1-4H3. The van der Waals surface area contributed by atoms with E-state index in [2.05, 4.69) is 90.3 Å². The molecule has 2 aromatic carbocycles. The summed E-state index contributed by atoms with van der Waals surface area (Å²) in [6, 6.07) is 13.8. The second-order valence-electron chi connectivity index (χ2n) is 8.23. The summed E-state index contributed by atoms with van der Waals surface area (Å²) in [6.07, 6.45) is 1.07. The predicted octanol–water partition coefficient (Wildman–Crippen LogP) is 5.77. The van der Waals surface area contributed by atoms with Crippen LogP contribution in [0.3, 0.4) is 0 Å². The van der Waals surface area contributed by atoms with Gasteiger partial charge in [-0.3, -0.25) is 0 Å². The zero-order chi connectivity index (χ0) is 17.8. The molecule has 0 fully saturated rings. The third-order valence-electron chi connectivity index (χ3n) is 5.21. The molecule has 130 valence electrons. The number of fused-ring (bicyclic) bond motifs is 3. The van der Waals surface area contributed by atoms with Crippen LogP contribution < -0.4 is 5.32 Å². The second kappa shape index (κ2) is 6.00. The van der Waals surface area contributed by atoms with E-state index in [-0.39, 0.29) is 11.5 Å². The maximum Gasteiger partial charge on any atom is 0.0732 e. The minimum atomic E-state index is 0.156. The molecule has 3 heteroatoms. The Kier molecular flexibility index (Phi) is 4.04. The molecular weight excluding hydrogens is 372 g/mol. The Morgan fingerprint density at radius 3 is 2.64 bits per heavy atom. The van der Waals surface area contributed by atoms with Gasteiger partial charge in [-0.25, -0.2) is 0 Å². The number of H-pyrrole nitrogens is 1. The van der Waals surface area contributed by atoms with Gasteiger partial charge in [-0.05, 0) is 53.6 Å². The molecule has 0 saturated heterocycles. The first-order chi connectivity index (χ1) is 11.8. The molecule has 1 aromatic heterocycles. The average molecular weight is 397 g/mol. The molecular formula is C22H25BrN2. The Labute approximate surface area is 158 Å². The van der Waals surface area contributed by atoms with Crippen LogP contribution in [0.2, 0.25) is 0 Å². The first-order valence-electron chi connectivity index (χ1n) is 8.98. The largest absolute Gasteiger partial charge is 0.357 e. The summed E-state index contributed by atoms with van der Waals surface area (Å²) in [4.78, 5) is 3.69. The highest BCUT2D eigenvalue weighted by molar-refractivity contribution is 9.10. The Hall–Kier alpha value is -1.58. The van der Waals surface area contributed by atoms with Crippen molar-refractivity contribution in [1.29, 1.82) is 0 Å². The third kappa shape index (κ3) is 3.04. The zero-order valence-corrected chi connectivity index (χ0v) is 16.9. The Balaban J connectivity index is 1.87. The minimum Gasteiger partial charge on any atom is -0.357 e. The molecule has 25 heavy (non-hydrogen) atoms. The number of halogens is 1. The van der Waals surface area contributed by atoms with Gasteiger partial charge >= 0.3 is 0 Å². The van der Waals surface area contributed by atoms with Crippen LogP contribution in [-0.2, 0) is 11.8 Å². The van der Waals surface area contributed by atoms with Crippen molar-refractivity contribution in [2.24, 2.45) is 0 Å². The number of nitrogens with one attached hydrogen (secondary N) is 2. The fourth-order valence-corrected chi connectivity index (χ4v) is 4.26. The molecule has 0 bridgehead atoms. The van der Waals surface area contributed by atoms with Crippen LogP contribution in [0, 0.1) is 6.92 Å². The third-order valence-corrected chi connectivity index (χ3v) is 5.71. The topological polar surface area (TPSA) is 27.8 Å². The van der Waals surface area contributed by atoms with Crippen LogP contribution in [0.15, 0.2) is 40.9 Å². The molecule has 0 amide bonds. The van der Waals surface area contributed by atoms with Gasteiger partial charge in [-0.15, -0.1) is 0 Å². The van der Waals surface area contributed by atoms with Gasteiger partial charge in [0, 0.05) is 27.6 Å². The van der Waals surface area contributed by atoms with Gasteiger partial charge in [-0.2, -0.15) is 0 Å². The van der Waals surface area contributed by atoms with Crippen molar-refractivity contribution in [2.75, 3.05) is 6.54 Å². The van der Waals surface area contributed by atoms with Crippen LogP contribution in [0.4, 0.5) is 0 Å². The van der Waals surface area contributed by atoms with Crippen molar-refractivity contribution < 1.29 is 0 Å². The molecule has 0 radical (unpaired) electrons. The summed E-state index contributed by atoms with van der Waals surface area (Å²) >= 11 is 3.62. The maximum absolute atomic E-state index is 3.73. The van der Waals surface area contributed by atoms with E-state index in [9.17, 15) is 0 Å². The van der Waals surface area contributed by atoms with E-state index in [1.807, 2.05) is 0 Å². The first kappa shape index (κ1) is 16.9. The first-order valence-corrected chi connectivity index (χ1v) is 9.78. The zero-order valence-electron chi connectivity index (χ0n) is 15.3. The van der Waals surface area contributed by atoms with Crippen LogP contribution in [-0.4, -0.2) is 11.5 Å². The molecule has 1 unspecified atom stereocenters. The van der Waals surface area contributed by atoms with Crippen LogP contribution >= 0.6 is 15.9 Å². The van der Waals surface area contributed by atoms with Gasteiger partial charge < -0.3 is 10.3 Å². The number of hydrogen-bond donors (Lipinski definition) is 2. The lowest BCUT2D eigenvalue weighted by Crippen LogP contribution is -2.30. The number of aromatic nitrogens is 1. The average Bonchev–Trinajstić information content (AvgIpc) is 2.91. The monoisotopic (exact) mass is 396 g/mol. The highest BCUT2D eigenvalue weighted by Crippen LogP contribution is 2.36. The molecule has 0 aliphatic carbocycles. The van der Waals surface area contributed by atoms with Gasteiger partial charge in [0.15, 0.2) is 0 Å². The van der Waals surface area contributed by atoms with E-state index in [0.29, 0.717) is 0 Å². The molecule has 0 saturated carbocycles. The highest BCUT2D eigenvalue weighted by atomic mass is 79.9. The SMILES string of the molecule is Cc1cc(C2NCCc3c2[nH]c2ccc(Br)cc32)cc(C(C)(C)C)c1. The number of benzene rings is 2. The van der Waals surface area contributed by atoms with E-state index >= 15 is 0 Å². The molecule has 2 N–H and O–H groups in total. The van der Waals surface area contributed by atoms with Gasteiger partial charge in [0.25, 0.3) is 0 Å². The van der Waals surface area contributed by atoms with Gasteiger partial charge in [0.1, 0.15) is 0 Å². The summed E-state index contributed by atoms with van der Waals surface area (Å²) in [5, 5.41) is 5.08. The molecule has 2 nitrogen and oxygen atoms in total. The molecule has 1 aliphatic rings. The lowest BCUT2D eigenvalue weighted by atomic mass is 9.83. The molecule has 3 aromatic rings. The fraction of sp³-hybridized carbons (Fsp3) is 0.364. The van der Waals surface area contributed by atoms with E-state index in [1.165, 1.54) is 38.9 Å². The van der Waals surface area contributed by atoms with Crippen molar-refractivity contribution in [3.63, 3.8) is 0 Å². The maximum atomic E-state index is 3.73. The highest BCUT2D eigenvalue weighted by Gasteiger charge is 2.26. The lowest BCUT2D eigenvalue weighted by molar-refractivity contribution is 0.553. The van der Waals surface area contributed by atoms with Crippen molar-refractivity contribution in [2.45, 2.75) is 45.6 Å². The summed E-state index contributed by atoms with van der Waals surface area (Å²) in [5.41, 5.74) is 8.25. The number of aromatic amines is 1. The van der Waals surface area contributed by atoms with Gasteiger partial charge in [0.05, 0.1) is 6.04 Å². The molecule has 4 rings (SSSR count). The Morgan fingerprint density at radius 1 is 1.08 bits per heavy atom. The molecule has 2 heterocycles. The van der Waals surface area contributed by atoms with E-state index in [1.54, 1.807) is 0 Å². The normalized spacial score (nSPS) is 17.7. The molecule has 1 atom stereocenters. The van der Waals surface area contributed by atoms with E-state index in [4.69, 9.17) is 0 Å². The number of hydrogen-bond acceptors (Lipinski definition) is 1. The molecule has 1 aliphatic heterocycles.